The number of nitrogens with zero attached hydrogens (tertiary/aromatic N) is 4. The van der Waals surface area contributed by atoms with Crippen LogP contribution in [0.15, 0.2) is 35.1 Å². The van der Waals surface area contributed by atoms with Crippen LogP contribution in [0.4, 0.5) is 0 Å². The van der Waals surface area contributed by atoms with E-state index in [1.807, 2.05) is 31.6 Å². The second-order valence-electron chi connectivity index (χ2n) is 4.31. The van der Waals surface area contributed by atoms with E-state index in [9.17, 15) is 0 Å². The highest BCUT2D eigenvalue weighted by Crippen LogP contribution is 2.25. The fourth-order valence-electron chi connectivity index (χ4n) is 2.16. The highest BCUT2D eigenvalue weighted by atomic mass is 79.9. The van der Waals surface area contributed by atoms with E-state index in [-0.39, 0.29) is 0 Å². The highest BCUT2D eigenvalue weighted by Gasteiger charge is 2.13. The standard InChI is InChI=1S/C13H12BrClN4/c1-18-8-10(7-16-18)19-12-6-9(14)2-3-11(12)17-13(19)4-5-15/h2-3,6-8H,4-5H2,1H3. The average Bonchev–Trinajstić information content (AvgIpc) is 2.93. The van der Waals surface area contributed by atoms with Crippen LogP contribution in [0, 0.1) is 0 Å². The van der Waals surface area contributed by atoms with Crippen molar-refractivity contribution in [3.63, 3.8) is 0 Å². The number of fused-ring (bicyclic) bond motifs is 1. The summed E-state index contributed by atoms with van der Waals surface area (Å²) in [6, 6.07) is 6.06. The van der Waals surface area contributed by atoms with Crippen LogP contribution >= 0.6 is 27.5 Å². The largest absolute Gasteiger partial charge is 0.293 e. The van der Waals surface area contributed by atoms with Crippen molar-refractivity contribution in [2.75, 3.05) is 5.88 Å². The van der Waals surface area contributed by atoms with E-state index in [0.29, 0.717) is 5.88 Å². The summed E-state index contributed by atoms with van der Waals surface area (Å²) >= 11 is 9.38. The molecule has 0 fully saturated rings. The van der Waals surface area contributed by atoms with Gasteiger partial charge in [0.05, 0.1) is 22.9 Å². The zero-order valence-corrected chi connectivity index (χ0v) is 12.7. The van der Waals surface area contributed by atoms with Crippen LogP contribution in [-0.2, 0) is 13.5 Å². The molecular formula is C13H12BrClN4. The summed E-state index contributed by atoms with van der Waals surface area (Å²) in [5, 5.41) is 4.23. The van der Waals surface area contributed by atoms with Crippen molar-refractivity contribution >= 4 is 38.6 Å². The van der Waals surface area contributed by atoms with Crippen molar-refractivity contribution in [3.8, 4) is 5.69 Å². The normalized spacial score (nSPS) is 11.3. The molecule has 2 aromatic heterocycles. The number of hydrogen-bond donors (Lipinski definition) is 0. The Labute approximate surface area is 124 Å². The molecule has 6 heteroatoms. The van der Waals surface area contributed by atoms with Crippen molar-refractivity contribution in [2.45, 2.75) is 6.42 Å². The summed E-state index contributed by atoms with van der Waals surface area (Å²) in [4.78, 5) is 4.65. The van der Waals surface area contributed by atoms with Gasteiger partial charge in [0.1, 0.15) is 5.82 Å². The molecule has 98 valence electrons. The molecule has 2 heterocycles. The minimum Gasteiger partial charge on any atom is -0.293 e. The highest BCUT2D eigenvalue weighted by molar-refractivity contribution is 9.10. The van der Waals surface area contributed by atoms with E-state index in [1.54, 1.807) is 4.68 Å². The molecule has 0 amide bonds. The van der Waals surface area contributed by atoms with Gasteiger partial charge in [0.25, 0.3) is 0 Å². The van der Waals surface area contributed by atoms with E-state index in [1.165, 1.54) is 0 Å². The maximum atomic E-state index is 5.88. The zero-order chi connectivity index (χ0) is 13.4. The molecule has 1 aromatic carbocycles. The van der Waals surface area contributed by atoms with E-state index in [2.05, 4.69) is 36.6 Å². The average molecular weight is 340 g/mol. The smallest absolute Gasteiger partial charge is 0.115 e. The SMILES string of the molecule is Cn1cc(-n2c(CCCl)nc3ccc(Br)cc32)cn1. The van der Waals surface area contributed by atoms with Gasteiger partial charge in [-0.25, -0.2) is 4.98 Å². The summed E-state index contributed by atoms with van der Waals surface area (Å²) in [5.41, 5.74) is 3.03. The van der Waals surface area contributed by atoms with Gasteiger partial charge in [0.2, 0.25) is 0 Å². The first kappa shape index (κ1) is 12.7. The summed E-state index contributed by atoms with van der Waals surface area (Å²) in [6.07, 6.45) is 4.53. The van der Waals surface area contributed by atoms with Crippen LogP contribution in [-0.4, -0.2) is 25.2 Å². The molecule has 0 bridgehead atoms. The predicted octanol–water partition coefficient (Wildman–Crippen LogP) is 3.30. The van der Waals surface area contributed by atoms with Crippen LogP contribution in [0.3, 0.4) is 0 Å². The molecule has 0 spiro atoms. The number of aryl methyl sites for hydroxylation is 2. The molecule has 0 radical (unpaired) electrons. The van der Waals surface area contributed by atoms with E-state index in [0.717, 1.165) is 33.4 Å². The fourth-order valence-corrected chi connectivity index (χ4v) is 2.68. The van der Waals surface area contributed by atoms with E-state index >= 15 is 0 Å². The monoisotopic (exact) mass is 338 g/mol. The Morgan fingerprint density at radius 3 is 2.89 bits per heavy atom. The number of halogens is 2. The van der Waals surface area contributed by atoms with Gasteiger partial charge < -0.3 is 0 Å². The van der Waals surface area contributed by atoms with Crippen LogP contribution in [0.1, 0.15) is 5.82 Å². The number of alkyl halides is 1. The number of aromatic nitrogens is 4. The quantitative estimate of drug-likeness (QED) is 0.686. The van der Waals surface area contributed by atoms with Crippen molar-refractivity contribution < 1.29 is 0 Å². The number of benzene rings is 1. The molecule has 4 nitrogen and oxygen atoms in total. The Kier molecular flexibility index (Phi) is 3.33. The van der Waals surface area contributed by atoms with Gasteiger partial charge in [-0.05, 0) is 18.2 Å². The maximum absolute atomic E-state index is 5.88. The Balaban J connectivity index is 2.29. The minimum atomic E-state index is 0.546. The van der Waals surface area contributed by atoms with Crippen LogP contribution in [0.5, 0.6) is 0 Å². The van der Waals surface area contributed by atoms with Crippen molar-refractivity contribution in [1.82, 2.24) is 19.3 Å². The third-order valence-electron chi connectivity index (χ3n) is 2.95. The Morgan fingerprint density at radius 2 is 2.21 bits per heavy atom. The fraction of sp³-hybridized carbons (Fsp3) is 0.231. The first-order valence-corrected chi connectivity index (χ1v) is 7.23. The molecule has 0 saturated carbocycles. The lowest BCUT2D eigenvalue weighted by Crippen LogP contribution is -2.01. The van der Waals surface area contributed by atoms with Crippen molar-refractivity contribution in [3.05, 3.63) is 40.9 Å². The molecule has 3 rings (SSSR count). The maximum Gasteiger partial charge on any atom is 0.115 e. The second kappa shape index (κ2) is 4.98. The Morgan fingerprint density at radius 1 is 1.37 bits per heavy atom. The van der Waals surface area contributed by atoms with Gasteiger partial charge in [-0.1, -0.05) is 15.9 Å². The molecule has 0 saturated heterocycles. The summed E-state index contributed by atoms with van der Waals surface area (Å²) in [5.74, 6) is 1.50. The number of rotatable bonds is 3. The second-order valence-corrected chi connectivity index (χ2v) is 5.60. The van der Waals surface area contributed by atoms with Gasteiger partial charge >= 0.3 is 0 Å². The summed E-state index contributed by atoms with van der Waals surface area (Å²) < 4.78 is 4.92. The zero-order valence-electron chi connectivity index (χ0n) is 10.3. The first-order chi connectivity index (χ1) is 9.19. The first-order valence-electron chi connectivity index (χ1n) is 5.91. The van der Waals surface area contributed by atoms with Crippen LogP contribution in [0.25, 0.3) is 16.7 Å². The van der Waals surface area contributed by atoms with E-state index in [4.69, 9.17) is 11.6 Å². The van der Waals surface area contributed by atoms with Gasteiger partial charge in [0.15, 0.2) is 0 Å². The molecule has 19 heavy (non-hydrogen) atoms. The lowest BCUT2D eigenvalue weighted by Gasteiger charge is -2.05. The summed E-state index contributed by atoms with van der Waals surface area (Å²) in [7, 11) is 1.90. The lowest BCUT2D eigenvalue weighted by molar-refractivity contribution is 0.767. The third kappa shape index (κ3) is 2.28. The van der Waals surface area contributed by atoms with Crippen LogP contribution in [0.2, 0.25) is 0 Å². The molecule has 0 N–H and O–H groups in total. The Hall–Kier alpha value is -1.33. The molecule has 0 unspecified atom stereocenters. The minimum absolute atomic E-state index is 0.546. The molecule has 0 aliphatic rings. The van der Waals surface area contributed by atoms with Gasteiger partial charge in [-0.15, -0.1) is 11.6 Å². The predicted molar refractivity (Wildman–Crippen MR) is 80.0 cm³/mol. The molecular weight excluding hydrogens is 328 g/mol. The van der Waals surface area contributed by atoms with Crippen molar-refractivity contribution in [1.29, 1.82) is 0 Å². The van der Waals surface area contributed by atoms with Crippen molar-refractivity contribution in [2.24, 2.45) is 7.05 Å². The molecule has 0 aliphatic heterocycles. The molecule has 3 aromatic rings. The lowest BCUT2D eigenvalue weighted by atomic mass is 10.3. The molecule has 0 atom stereocenters. The van der Waals surface area contributed by atoms with Gasteiger partial charge in [-0.2, -0.15) is 5.10 Å². The summed E-state index contributed by atoms with van der Waals surface area (Å²) in [6.45, 7) is 0. The van der Waals surface area contributed by atoms with Crippen LogP contribution < -0.4 is 0 Å². The topological polar surface area (TPSA) is 35.6 Å². The molecule has 0 aliphatic carbocycles. The Bertz CT molecular complexity index is 731. The number of hydrogen-bond acceptors (Lipinski definition) is 2. The van der Waals surface area contributed by atoms with Gasteiger partial charge in [0, 0.05) is 30.0 Å². The van der Waals surface area contributed by atoms with E-state index < -0.39 is 0 Å². The van der Waals surface area contributed by atoms with Gasteiger partial charge in [-0.3, -0.25) is 9.25 Å². The number of imidazole rings is 1. The third-order valence-corrected chi connectivity index (χ3v) is 3.64.